The Morgan fingerprint density at radius 3 is 2.70 bits per heavy atom. The summed E-state index contributed by atoms with van der Waals surface area (Å²) in [4.78, 5) is 22.9. The van der Waals surface area contributed by atoms with Crippen LogP contribution in [0.3, 0.4) is 0 Å². The second-order valence-corrected chi connectivity index (χ2v) is 7.13. The summed E-state index contributed by atoms with van der Waals surface area (Å²) in [6.07, 6.45) is 5.17. The molecule has 2 bridgehead atoms. The van der Waals surface area contributed by atoms with Gasteiger partial charge in [0, 0.05) is 6.04 Å². The van der Waals surface area contributed by atoms with Crippen molar-refractivity contribution in [2.24, 2.45) is 17.8 Å². The second kappa shape index (κ2) is 5.94. The van der Waals surface area contributed by atoms with E-state index in [0.717, 1.165) is 11.8 Å². The van der Waals surface area contributed by atoms with E-state index in [1.807, 2.05) is 0 Å². The number of nitro groups is 1. The number of carbonyl (C=O) groups excluding carboxylic acids is 1. The molecule has 0 unspecified atom stereocenters. The molecule has 126 valence electrons. The molecule has 7 heteroatoms. The maximum absolute atomic E-state index is 12.3. The van der Waals surface area contributed by atoms with Crippen molar-refractivity contribution in [1.29, 1.82) is 0 Å². The van der Waals surface area contributed by atoms with Crippen LogP contribution in [0.15, 0.2) is 0 Å². The van der Waals surface area contributed by atoms with E-state index in [1.54, 1.807) is 13.8 Å². The molecule has 4 atom stereocenters. The summed E-state index contributed by atoms with van der Waals surface area (Å²) in [5, 5.41) is 18.2. The van der Waals surface area contributed by atoms with Crippen LogP contribution in [0.2, 0.25) is 0 Å². The van der Waals surface area contributed by atoms with Gasteiger partial charge in [0.1, 0.15) is 17.9 Å². The van der Waals surface area contributed by atoms with E-state index in [0.29, 0.717) is 17.3 Å². The van der Waals surface area contributed by atoms with Crippen LogP contribution in [0, 0.1) is 41.7 Å². The molecule has 23 heavy (non-hydrogen) atoms. The first-order valence-electron chi connectivity index (χ1n) is 8.34. The van der Waals surface area contributed by atoms with Gasteiger partial charge in [-0.2, -0.15) is 5.10 Å². The molecule has 1 amide bonds. The lowest BCUT2D eigenvalue weighted by Crippen LogP contribution is -2.41. The summed E-state index contributed by atoms with van der Waals surface area (Å²) < 4.78 is 1.43. The van der Waals surface area contributed by atoms with Crippen molar-refractivity contribution in [3.05, 3.63) is 21.5 Å². The Morgan fingerprint density at radius 1 is 1.43 bits per heavy atom. The fourth-order valence-electron chi connectivity index (χ4n) is 4.55. The fourth-order valence-corrected chi connectivity index (χ4v) is 4.55. The van der Waals surface area contributed by atoms with Gasteiger partial charge in [0.05, 0.1) is 4.92 Å². The number of amides is 1. The van der Waals surface area contributed by atoms with Gasteiger partial charge < -0.3 is 5.32 Å². The molecule has 2 aliphatic rings. The summed E-state index contributed by atoms with van der Waals surface area (Å²) in [6, 6.07) is 0.157. The first kappa shape index (κ1) is 16.0. The molecule has 1 N–H and O–H groups in total. The van der Waals surface area contributed by atoms with Crippen LogP contribution in [-0.2, 0) is 11.3 Å². The quantitative estimate of drug-likeness (QED) is 0.666. The lowest BCUT2D eigenvalue weighted by molar-refractivity contribution is -0.386. The summed E-state index contributed by atoms with van der Waals surface area (Å²) in [5.74, 6) is 2.06. The Balaban J connectivity index is 1.61. The third-order valence-corrected chi connectivity index (χ3v) is 5.64. The van der Waals surface area contributed by atoms with E-state index in [2.05, 4.69) is 17.3 Å². The predicted octanol–water partition coefficient (Wildman–Crippen LogP) is 2.35. The molecule has 3 rings (SSSR count). The average Bonchev–Trinajstić information content (AvgIpc) is 3.14. The molecule has 7 nitrogen and oxygen atoms in total. The van der Waals surface area contributed by atoms with Crippen molar-refractivity contribution in [1.82, 2.24) is 15.1 Å². The number of rotatable bonds is 5. The normalized spacial score (nSPS) is 27.2. The van der Waals surface area contributed by atoms with Crippen LogP contribution in [0.5, 0.6) is 0 Å². The van der Waals surface area contributed by atoms with Crippen molar-refractivity contribution in [2.45, 2.75) is 59.0 Å². The standard InChI is InChI=1S/C16H24N4O3/c1-9(14-7-12-4-5-13(14)6-12)17-15(21)8-19-11(3)16(20(22)23)10(2)18-19/h9,12-14H,4-8H2,1-3H3,(H,17,21)/t9-,12+,13+,14+/m1/s1. The average molecular weight is 320 g/mol. The summed E-state index contributed by atoms with van der Waals surface area (Å²) in [6.45, 7) is 5.33. The van der Waals surface area contributed by atoms with Gasteiger partial charge >= 0.3 is 5.69 Å². The van der Waals surface area contributed by atoms with Crippen molar-refractivity contribution in [2.75, 3.05) is 0 Å². The highest BCUT2D eigenvalue weighted by molar-refractivity contribution is 5.76. The van der Waals surface area contributed by atoms with Gasteiger partial charge in [0.15, 0.2) is 0 Å². The summed E-state index contributed by atoms with van der Waals surface area (Å²) >= 11 is 0. The van der Waals surface area contributed by atoms with Gasteiger partial charge in [-0.1, -0.05) is 6.42 Å². The topological polar surface area (TPSA) is 90.1 Å². The fraction of sp³-hybridized carbons (Fsp3) is 0.750. The van der Waals surface area contributed by atoms with E-state index in [-0.39, 0.29) is 24.2 Å². The number of nitrogens with one attached hydrogen (secondary N) is 1. The van der Waals surface area contributed by atoms with Gasteiger partial charge in [0.2, 0.25) is 5.91 Å². The minimum absolute atomic E-state index is 0.000971. The van der Waals surface area contributed by atoms with E-state index < -0.39 is 4.92 Å². The number of aryl methyl sites for hydroxylation is 1. The van der Waals surface area contributed by atoms with Crippen LogP contribution in [0.25, 0.3) is 0 Å². The van der Waals surface area contributed by atoms with Gasteiger partial charge in [-0.3, -0.25) is 19.6 Å². The maximum atomic E-state index is 12.3. The number of hydrogen-bond donors (Lipinski definition) is 1. The Bertz CT molecular complexity index is 640. The molecule has 2 fully saturated rings. The molecular formula is C16H24N4O3. The molecule has 0 radical (unpaired) electrons. The molecule has 0 aliphatic heterocycles. The lowest BCUT2D eigenvalue weighted by Gasteiger charge is -2.28. The maximum Gasteiger partial charge on any atom is 0.312 e. The van der Waals surface area contributed by atoms with Crippen LogP contribution < -0.4 is 5.32 Å². The van der Waals surface area contributed by atoms with Crippen LogP contribution in [-0.4, -0.2) is 26.7 Å². The smallest absolute Gasteiger partial charge is 0.312 e. The van der Waals surface area contributed by atoms with Crippen molar-refractivity contribution in [3.8, 4) is 0 Å². The minimum atomic E-state index is -0.441. The SMILES string of the molecule is Cc1nn(CC(=O)N[C@H](C)[C@@H]2C[C@H]3CC[C@H]2C3)c(C)c1[N+](=O)[O-]. The molecule has 1 aromatic rings. The minimum Gasteiger partial charge on any atom is -0.352 e. The van der Waals surface area contributed by atoms with Crippen LogP contribution in [0.4, 0.5) is 5.69 Å². The highest BCUT2D eigenvalue weighted by Gasteiger charge is 2.42. The van der Waals surface area contributed by atoms with E-state index >= 15 is 0 Å². The summed E-state index contributed by atoms with van der Waals surface area (Å²) in [5.41, 5.74) is 0.774. The van der Waals surface area contributed by atoms with Gasteiger partial charge in [0.25, 0.3) is 0 Å². The molecule has 1 heterocycles. The van der Waals surface area contributed by atoms with Crippen LogP contribution in [0.1, 0.15) is 44.0 Å². The zero-order valence-corrected chi connectivity index (χ0v) is 13.9. The zero-order chi connectivity index (χ0) is 16.7. The Hall–Kier alpha value is -1.92. The van der Waals surface area contributed by atoms with E-state index in [4.69, 9.17) is 0 Å². The van der Waals surface area contributed by atoms with Gasteiger partial charge in [-0.05, 0) is 57.8 Å². The molecule has 0 aromatic carbocycles. The predicted molar refractivity (Wildman–Crippen MR) is 84.9 cm³/mol. The number of hydrogen-bond acceptors (Lipinski definition) is 4. The largest absolute Gasteiger partial charge is 0.352 e. The first-order chi connectivity index (χ1) is 10.9. The first-order valence-corrected chi connectivity index (χ1v) is 8.34. The third-order valence-electron chi connectivity index (χ3n) is 5.64. The monoisotopic (exact) mass is 320 g/mol. The summed E-state index contributed by atoms with van der Waals surface area (Å²) in [7, 11) is 0. The molecule has 2 saturated carbocycles. The number of aromatic nitrogens is 2. The highest BCUT2D eigenvalue weighted by Crippen LogP contribution is 2.49. The Labute approximate surface area is 135 Å². The second-order valence-electron chi connectivity index (χ2n) is 7.13. The molecule has 0 spiro atoms. The van der Waals surface area contributed by atoms with Crippen LogP contribution >= 0.6 is 0 Å². The van der Waals surface area contributed by atoms with Gasteiger partial charge in [-0.25, -0.2) is 0 Å². The molecule has 2 aliphatic carbocycles. The number of carbonyl (C=O) groups is 1. The molecule has 0 saturated heterocycles. The van der Waals surface area contributed by atoms with Crippen molar-refractivity contribution >= 4 is 11.6 Å². The molecule has 1 aromatic heterocycles. The highest BCUT2D eigenvalue weighted by atomic mass is 16.6. The number of fused-ring (bicyclic) bond motifs is 2. The third kappa shape index (κ3) is 2.96. The Morgan fingerprint density at radius 2 is 2.17 bits per heavy atom. The Kier molecular flexibility index (Phi) is 4.12. The van der Waals surface area contributed by atoms with Crippen molar-refractivity contribution < 1.29 is 9.72 Å². The van der Waals surface area contributed by atoms with Crippen molar-refractivity contribution in [3.63, 3.8) is 0 Å². The molecular weight excluding hydrogens is 296 g/mol. The lowest BCUT2D eigenvalue weighted by atomic mass is 9.84. The number of nitrogens with zero attached hydrogens (tertiary/aromatic N) is 3. The van der Waals surface area contributed by atoms with E-state index in [9.17, 15) is 14.9 Å². The van der Waals surface area contributed by atoms with E-state index in [1.165, 1.54) is 30.4 Å². The van der Waals surface area contributed by atoms with Gasteiger partial charge in [-0.15, -0.1) is 0 Å². The zero-order valence-electron chi connectivity index (χ0n) is 13.9.